The number of halogens is 2. The van der Waals surface area contributed by atoms with Gasteiger partial charge in [0.15, 0.2) is 0 Å². The summed E-state index contributed by atoms with van der Waals surface area (Å²) in [6.07, 6.45) is 1.49. The summed E-state index contributed by atoms with van der Waals surface area (Å²) in [7, 11) is 1.58. The molecule has 0 saturated heterocycles. The number of carbonyl (C=O) groups excluding carboxylic acids is 1. The number of ether oxygens (including phenoxy) is 2. The van der Waals surface area contributed by atoms with E-state index in [1.807, 2.05) is 18.2 Å². The molecule has 3 rings (SSSR count). The van der Waals surface area contributed by atoms with E-state index >= 15 is 0 Å². The van der Waals surface area contributed by atoms with E-state index in [0.717, 1.165) is 11.1 Å². The summed E-state index contributed by atoms with van der Waals surface area (Å²) in [6.45, 7) is 0.465. The molecule has 0 aliphatic heterocycles. The summed E-state index contributed by atoms with van der Waals surface area (Å²) < 4.78 is 12.2. The number of amides is 1. The van der Waals surface area contributed by atoms with Crippen molar-refractivity contribution in [3.05, 3.63) is 102 Å². The molecule has 1 N–H and O–H groups in total. The zero-order valence-corrected chi connectivity index (χ0v) is 21.6. The molecular weight excluding hydrogens is 582 g/mol. The number of rotatable bonds is 9. The molecule has 0 aliphatic rings. The van der Waals surface area contributed by atoms with Crippen LogP contribution in [0.5, 0.6) is 11.5 Å². The van der Waals surface area contributed by atoms with E-state index in [9.17, 15) is 20.2 Å². The molecule has 0 unspecified atom stereocenters. The molecular formula is C25H19Br2N3O5. The van der Waals surface area contributed by atoms with Gasteiger partial charge in [-0.2, -0.15) is 5.26 Å². The number of non-ortho nitro benzene ring substituents is 1. The van der Waals surface area contributed by atoms with Crippen LogP contribution in [0.3, 0.4) is 0 Å². The second kappa shape index (κ2) is 12.1. The maximum Gasteiger partial charge on any atom is 0.269 e. The highest BCUT2D eigenvalue weighted by Crippen LogP contribution is 2.36. The van der Waals surface area contributed by atoms with Gasteiger partial charge in [-0.3, -0.25) is 14.9 Å². The average molecular weight is 601 g/mol. The number of hydrogen-bond acceptors (Lipinski definition) is 6. The van der Waals surface area contributed by atoms with Gasteiger partial charge in [-0.15, -0.1) is 0 Å². The first-order valence-electron chi connectivity index (χ1n) is 10.2. The normalized spacial score (nSPS) is 10.9. The predicted octanol–water partition coefficient (Wildman–Crippen LogP) is 5.93. The number of nitrogens with zero attached hydrogens (tertiary/aromatic N) is 2. The van der Waals surface area contributed by atoms with Gasteiger partial charge in [0.1, 0.15) is 29.7 Å². The highest BCUT2D eigenvalue weighted by atomic mass is 79.9. The first kappa shape index (κ1) is 25.9. The molecule has 0 spiro atoms. The molecule has 1 amide bonds. The number of hydrogen-bond donors (Lipinski definition) is 1. The van der Waals surface area contributed by atoms with E-state index in [0.29, 0.717) is 26.0 Å². The van der Waals surface area contributed by atoms with Crippen molar-refractivity contribution in [2.45, 2.75) is 13.2 Å². The molecule has 3 aromatic carbocycles. The summed E-state index contributed by atoms with van der Waals surface area (Å²) >= 11 is 6.91. The Morgan fingerprint density at radius 1 is 1.09 bits per heavy atom. The van der Waals surface area contributed by atoms with Crippen molar-refractivity contribution >= 4 is 49.5 Å². The molecule has 0 saturated carbocycles. The van der Waals surface area contributed by atoms with Crippen molar-refractivity contribution < 1.29 is 19.2 Å². The zero-order chi connectivity index (χ0) is 25.4. The molecule has 0 aromatic heterocycles. The number of benzene rings is 3. The quantitative estimate of drug-likeness (QED) is 0.141. The average Bonchev–Trinajstić information content (AvgIpc) is 2.85. The van der Waals surface area contributed by atoms with Crippen molar-refractivity contribution in [3.8, 4) is 17.6 Å². The maximum absolute atomic E-state index is 12.5. The van der Waals surface area contributed by atoms with Gasteiger partial charge < -0.3 is 14.8 Å². The van der Waals surface area contributed by atoms with Gasteiger partial charge in [0, 0.05) is 18.7 Å². The number of carbonyl (C=O) groups is 1. The van der Waals surface area contributed by atoms with E-state index in [1.165, 1.54) is 18.2 Å². The van der Waals surface area contributed by atoms with Crippen LogP contribution >= 0.6 is 31.9 Å². The smallest absolute Gasteiger partial charge is 0.269 e. The van der Waals surface area contributed by atoms with E-state index in [2.05, 4.69) is 37.2 Å². The third-order valence-corrected chi connectivity index (χ3v) is 6.02. The van der Waals surface area contributed by atoms with Crippen LogP contribution in [0, 0.1) is 21.4 Å². The van der Waals surface area contributed by atoms with Gasteiger partial charge in [-0.05, 0) is 91.0 Å². The fraction of sp³-hybridized carbons (Fsp3) is 0.120. The Morgan fingerprint density at radius 3 is 2.23 bits per heavy atom. The van der Waals surface area contributed by atoms with Crippen LogP contribution in [0.2, 0.25) is 0 Å². The first-order valence-corrected chi connectivity index (χ1v) is 11.8. The Bertz CT molecular complexity index is 1280. The molecule has 0 fully saturated rings. The summed E-state index contributed by atoms with van der Waals surface area (Å²) in [5.41, 5.74) is 2.21. The van der Waals surface area contributed by atoms with Crippen molar-refractivity contribution in [3.63, 3.8) is 0 Å². The molecule has 8 nitrogen and oxygen atoms in total. The molecule has 0 atom stereocenters. The van der Waals surface area contributed by atoms with E-state index in [1.54, 1.807) is 43.5 Å². The lowest BCUT2D eigenvalue weighted by Gasteiger charge is -2.12. The zero-order valence-electron chi connectivity index (χ0n) is 18.5. The predicted molar refractivity (Wildman–Crippen MR) is 138 cm³/mol. The fourth-order valence-electron chi connectivity index (χ4n) is 3.01. The SMILES string of the molecule is COc1ccc(CNC(=O)/C(C#N)=C\c2cc(Br)c(OCc3ccc([N+](=O)[O-])cc3)c(Br)c2)cc1. The van der Waals surface area contributed by atoms with Gasteiger partial charge in [-0.25, -0.2) is 0 Å². The Hall–Kier alpha value is -3.68. The van der Waals surface area contributed by atoms with Crippen LogP contribution < -0.4 is 14.8 Å². The fourth-order valence-corrected chi connectivity index (χ4v) is 4.46. The summed E-state index contributed by atoms with van der Waals surface area (Å²) in [5.74, 6) is 0.742. The highest BCUT2D eigenvalue weighted by Gasteiger charge is 2.13. The van der Waals surface area contributed by atoms with Gasteiger partial charge in [0.2, 0.25) is 0 Å². The molecule has 35 heavy (non-hydrogen) atoms. The van der Waals surface area contributed by atoms with Gasteiger partial charge >= 0.3 is 0 Å². The summed E-state index contributed by atoms with van der Waals surface area (Å²) in [4.78, 5) is 22.8. The Kier molecular flexibility index (Phi) is 9.00. The number of nitriles is 1. The summed E-state index contributed by atoms with van der Waals surface area (Å²) in [5, 5.41) is 23.0. The lowest BCUT2D eigenvalue weighted by Crippen LogP contribution is -2.23. The van der Waals surface area contributed by atoms with E-state index in [4.69, 9.17) is 9.47 Å². The van der Waals surface area contributed by atoms with Crippen LogP contribution in [0.4, 0.5) is 5.69 Å². The lowest BCUT2D eigenvalue weighted by molar-refractivity contribution is -0.384. The minimum atomic E-state index is -0.492. The van der Waals surface area contributed by atoms with Gasteiger partial charge in [0.25, 0.3) is 11.6 Å². The van der Waals surface area contributed by atoms with E-state index in [-0.39, 0.29) is 24.4 Å². The third kappa shape index (κ3) is 7.15. The second-order valence-electron chi connectivity index (χ2n) is 7.23. The number of nitro benzene ring substituents is 1. The highest BCUT2D eigenvalue weighted by molar-refractivity contribution is 9.11. The minimum Gasteiger partial charge on any atom is -0.497 e. The largest absolute Gasteiger partial charge is 0.497 e. The first-order chi connectivity index (χ1) is 16.8. The van der Waals surface area contributed by atoms with Crippen molar-refractivity contribution in [1.82, 2.24) is 5.32 Å². The van der Waals surface area contributed by atoms with Crippen molar-refractivity contribution in [2.24, 2.45) is 0 Å². The van der Waals surface area contributed by atoms with Crippen LogP contribution in [-0.4, -0.2) is 17.9 Å². The molecule has 0 heterocycles. The number of nitro groups is 1. The standard InChI is InChI=1S/C25H19Br2N3O5/c1-34-21-8-4-16(5-9-21)14-29-25(31)19(13-28)10-18-11-22(26)24(23(27)12-18)35-15-17-2-6-20(7-3-17)30(32)33/h2-12H,14-15H2,1H3,(H,29,31)/b19-10-. The van der Waals surface area contributed by atoms with Gasteiger partial charge in [0.05, 0.1) is 21.0 Å². The minimum absolute atomic E-state index is 0.00795. The van der Waals surface area contributed by atoms with Crippen LogP contribution in [0.1, 0.15) is 16.7 Å². The topological polar surface area (TPSA) is 114 Å². The van der Waals surface area contributed by atoms with Gasteiger partial charge in [-0.1, -0.05) is 12.1 Å². The summed E-state index contributed by atoms with van der Waals surface area (Å²) in [6, 6.07) is 18.7. The van der Waals surface area contributed by atoms with Crippen LogP contribution in [0.25, 0.3) is 6.08 Å². The number of methoxy groups -OCH3 is 1. The lowest BCUT2D eigenvalue weighted by atomic mass is 10.1. The maximum atomic E-state index is 12.5. The monoisotopic (exact) mass is 599 g/mol. The van der Waals surface area contributed by atoms with Crippen LogP contribution in [-0.2, 0) is 17.9 Å². The Morgan fingerprint density at radius 2 is 1.69 bits per heavy atom. The Balaban J connectivity index is 1.67. The van der Waals surface area contributed by atoms with E-state index < -0.39 is 10.8 Å². The number of nitrogens with one attached hydrogen (secondary N) is 1. The molecule has 0 bridgehead atoms. The molecule has 0 aliphatic carbocycles. The third-order valence-electron chi connectivity index (χ3n) is 4.84. The van der Waals surface area contributed by atoms with Crippen molar-refractivity contribution in [1.29, 1.82) is 5.26 Å². The second-order valence-corrected chi connectivity index (χ2v) is 8.94. The molecule has 178 valence electrons. The molecule has 0 radical (unpaired) electrons. The molecule has 3 aromatic rings. The molecule has 10 heteroatoms. The Labute approximate surface area is 218 Å². The van der Waals surface area contributed by atoms with Crippen LogP contribution in [0.15, 0.2) is 75.2 Å². The van der Waals surface area contributed by atoms with Crippen molar-refractivity contribution in [2.75, 3.05) is 7.11 Å².